The second kappa shape index (κ2) is 6.52. The topological polar surface area (TPSA) is 45.8 Å². The van der Waals surface area contributed by atoms with Crippen LogP contribution in [-0.4, -0.2) is 9.97 Å². The average Bonchev–Trinajstić information content (AvgIpc) is 2.43. The summed E-state index contributed by atoms with van der Waals surface area (Å²) in [6.07, 6.45) is 1.83. The van der Waals surface area contributed by atoms with E-state index in [-0.39, 0.29) is 5.56 Å². The Balaban J connectivity index is 2.45. The van der Waals surface area contributed by atoms with E-state index in [1.165, 1.54) is 5.56 Å². The van der Waals surface area contributed by atoms with E-state index in [4.69, 9.17) is 0 Å². The number of rotatable bonds is 4. The molecule has 0 saturated carbocycles. The van der Waals surface area contributed by atoms with Crippen molar-refractivity contribution in [2.75, 3.05) is 0 Å². The molecule has 1 aromatic carbocycles. The Morgan fingerprint density at radius 1 is 1.25 bits per heavy atom. The number of H-pyrrole nitrogens is 1. The number of nitrogens with zero attached hydrogens (tertiary/aromatic N) is 1. The van der Waals surface area contributed by atoms with Crippen molar-refractivity contribution in [3.63, 3.8) is 0 Å². The van der Waals surface area contributed by atoms with Crippen LogP contribution < -0.4 is 5.56 Å². The molecular weight excluding hydrogens is 363 g/mol. The standard InChI is InChI=1S/C16H19IN2O/c1-4-11-5-7-12(8-6-11)15-18-13(9-10(2)3)14(17)16(20)19-15/h5-8,10H,4,9H2,1-3H3,(H,18,19,20). The minimum Gasteiger partial charge on any atom is -0.306 e. The summed E-state index contributed by atoms with van der Waals surface area (Å²) in [5, 5.41) is 0. The molecule has 2 aromatic rings. The lowest BCUT2D eigenvalue weighted by atomic mass is 10.1. The molecule has 0 bridgehead atoms. The van der Waals surface area contributed by atoms with Gasteiger partial charge >= 0.3 is 0 Å². The largest absolute Gasteiger partial charge is 0.306 e. The van der Waals surface area contributed by atoms with Crippen molar-refractivity contribution in [1.29, 1.82) is 0 Å². The van der Waals surface area contributed by atoms with E-state index in [0.29, 0.717) is 15.3 Å². The van der Waals surface area contributed by atoms with Crippen molar-refractivity contribution in [1.82, 2.24) is 9.97 Å². The number of hydrogen-bond donors (Lipinski definition) is 1. The van der Waals surface area contributed by atoms with Gasteiger partial charge in [0, 0.05) is 5.56 Å². The quantitative estimate of drug-likeness (QED) is 0.818. The molecule has 0 aliphatic heterocycles. The highest BCUT2D eigenvalue weighted by atomic mass is 127. The highest BCUT2D eigenvalue weighted by molar-refractivity contribution is 14.1. The van der Waals surface area contributed by atoms with Crippen LogP contribution in [0.15, 0.2) is 29.1 Å². The molecule has 0 aliphatic rings. The van der Waals surface area contributed by atoms with Crippen LogP contribution in [0.4, 0.5) is 0 Å². The lowest BCUT2D eigenvalue weighted by Crippen LogP contribution is -2.17. The Labute approximate surface area is 133 Å². The molecule has 20 heavy (non-hydrogen) atoms. The summed E-state index contributed by atoms with van der Waals surface area (Å²) in [5.74, 6) is 1.14. The molecule has 1 N–H and O–H groups in total. The number of aromatic amines is 1. The second-order valence-corrected chi connectivity index (χ2v) is 6.40. The maximum Gasteiger partial charge on any atom is 0.264 e. The molecule has 3 nitrogen and oxygen atoms in total. The van der Waals surface area contributed by atoms with Gasteiger partial charge in [0.2, 0.25) is 0 Å². The zero-order valence-corrected chi connectivity index (χ0v) is 14.2. The van der Waals surface area contributed by atoms with Crippen LogP contribution in [0.25, 0.3) is 11.4 Å². The van der Waals surface area contributed by atoms with E-state index < -0.39 is 0 Å². The molecule has 0 atom stereocenters. The van der Waals surface area contributed by atoms with Crippen LogP contribution in [0.1, 0.15) is 32.0 Å². The van der Waals surface area contributed by atoms with E-state index in [1.807, 2.05) is 12.1 Å². The van der Waals surface area contributed by atoms with Crippen molar-refractivity contribution in [2.45, 2.75) is 33.6 Å². The molecule has 0 amide bonds. The first-order chi connectivity index (χ1) is 9.51. The van der Waals surface area contributed by atoms with Gasteiger partial charge < -0.3 is 4.98 Å². The summed E-state index contributed by atoms with van der Waals surface area (Å²) in [7, 11) is 0. The number of halogens is 1. The van der Waals surface area contributed by atoms with Crippen LogP contribution in [0, 0.1) is 9.49 Å². The lowest BCUT2D eigenvalue weighted by molar-refractivity contribution is 0.631. The van der Waals surface area contributed by atoms with Gasteiger partial charge in [-0.05, 0) is 46.9 Å². The van der Waals surface area contributed by atoms with Crippen molar-refractivity contribution in [3.8, 4) is 11.4 Å². The van der Waals surface area contributed by atoms with Gasteiger partial charge in [-0.3, -0.25) is 4.79 Å². The van der Waals surface area contributed by atoms with E-state index >= 15 is 0 Å². The summed E-state index contributed by atoms with van der Waals surface area (Å²) in [4.78, 5) is 19.5. The Morgan fingerprint density at radius 3 is 2.45 bits per heavy atom. The first-order valence-electron chi connectivity index (χ1n) is 6.89. The van der Waals surface area contributed by atoms with Crippen LogP contribution in [-0.2, 0) is 12.8 Å². The van der Waals surface area contributed by atoms with Crippen molar-refractivity contribution in [3.05, 3.63) is 49.4 Å². The highest BCUT2D eigenvalue weighted by Gasteiger charge is 2.11. The van der Waals surface area contributed by atoms with Crippen molar-refractivity contribution < 1.29 is 0 Å². The van der Waals surface area contributed by atoms with Crippen molar-refractivity contribution >= 4 is 22.6 Å². The van der Waals surface area contributed by atoms with Crippen molar-refractivity contribution in [2.24, 2.45) is 5.92 Å². The number of aryl methyl sites for hydroxylation is 1. The Kier molecular flexibility index (Phi) is 4.96. The first kappa shape index (κ1) is 15.2. The molecule has 0 saturated heterocycles. The van der Waals surface area contributed by atoms with Gasteiger partial charge in [-0.25, -0.2) is 4.98 Å². The molecule has 0 aliphatic carbocycles. The Hall–Kier alpha value is -1.17. The van der Waals surface area contributed by atoms with Gasteiger partial charge in [0.1, 0.15) is 5.82 Å². The van der Waals surface area contributed by atoms with Gasteiger partial charge in [0.05, 0.1) is 9.26 Å². The average molecular weight is 382 g/mol. The smallest absolute Gasteiger partial charge is 0.264 e. The van der Waals surface area contributed by atoms with E-state index in [9.17, 15) is 4.79 Å². The maximum atomic E-state index is 12.0. The Bertz CT molecular complexity index is 645. The van der Waals surface area contributed by atoms with E-state index in [2.05, 4.69) is 65.5 Å². The van der Waals surface area contributed by atoms with E-state index in [1.54, 1.807) is 0 Å². The molecule has 106 valence electrons. The first-order valence-corrected chi connectivity index (χ1v) is 7.97. The number of nitrogens with one attached hydrogen (secondary N) is 1. The third-order valence-electron chi connectivity index (χ3n) is 3.17. The highest BCUT2D eigenvalue weighted by Crippen LogP contribution is 2.18. The zero-order chi connectivity index (χ0) is 14.7. The molecule has 0 radical (unpaired) electrons. The summed E-state index contributed by atoms with van der Waals surface area (Å²) in [5.41, 5.74) is 3.08. The van der Waals surface area contributed by atoms with Gasteiger partial charge in [0.15, 0.2) is 0 Å². The minimum absolute atomic E-state index is 0.0502. The second-order valence-electron chi connectivity index (χ2n) is 5.32. The summed E-state index contributed by atoms with van der Waals surface area (Å²) < 4.78 is 0.699. The molecule has 4 heteroatoms. The Morgan fingerprint density at radius 2 is 1.90 bits per heavy atom. The normalized spacial score (nSPS) is 11.1. The fourth-order valence-corrected chi connectivity index (χ4v) is 2.54. The number of benzene rings is 1. The lowest BCUT2D eigenvalue weighted by Gasteiger charge is -2.09. The number of aromatic nitrogens is 2. The molecule has 1 heterocycles. The predicted octanol–water partition coefficient (Wildman–Crippen LogP) is 3.80. The molecule has 1 aromatic heterocycles. The van der Waals surface area contributed by atoms with Gasteiger partial charge in [-0.15, -0.1) is 0 Å². The third kappa shape index (κ3) is 3.48. The van der Waals surface area contributed by atoms with Crippen LogP contribution >= 0.6 is 22.6 Å². The summed E-state index contributed by atoms with van der Waals surface area (Å²) >= 11 is 2.08. The zero-order valence-electron chi connectivity index (χ0n) is 12.0. The van der Waals surface area contributed by atoms with Crippen LogP contribution in [0.3, 0.4) is 0 Å². The third-order valence-corrected chi connectivity index (χ3v) is 4.28. The monoisotopic (exact) mass is 382 g/mol. The maximum absolute atomic E-state index is 12.0. The van der Waals surface area contributed by atoms with Crippen LogP contribution in [0.2, 0.25) is 0 Å². The molecule has 0 fully saturated rings. The van der Waals surface area contributed by atoms with E-state index in [0.717, 1.165) is 24.1 Å². The molecular formula is C16H19IN2O. The SMILES string of the molecule is CCc1ccc(-c2nc(CC(C)C)c(I)c(=O)[nH]2)cc1. The molecule has 2 rings (SSSR count). The summed E-state index contributed by atoms with van der Waals surface area (Å²) in [6.45, 7) is 6.39. The predicted molar refractivity (Wildman–Crippen MR) is 90.9 cm³/mol. The summed E-state index contributed by atoms with van der Waals surface area (Å²) in [6, 6.07) is 8.19. The van der Waals surface area contributed by atoms with Gasteiger partial charge in [0.25, 0.3) is 5.56 Å². The van der Waals surface area contributed by atoms with Gasteiger partial charge in [-0.1, -0.05) is 45.0 Å². The minimum atomic E-state index is -0.0502. The fraction of sp³-hybridized carbons (Fsp3) is 0.375. The number of hydrogen-bond acceptors (Lipinski definition) is 2. The fourth-order valence-electron chi connectivity index (χ4n) is 2.06. The molecule has 0 spiro atoms. The molecule has 0 unspecified atom stereocenters. The van der Waals surface area contributed by atoms with Gasteiger partial charge in [-0.2, -0.15) is 0 Å². The van der Waals surface area contributed by atoms with Crippen LogP contribution in [0.5, 0.6) is 0 Å².